The summed E-state index contributed by atoms with van der Waals surface area (Å²) in [6.07, 6.45) is 2.50. The number of likely N-dealkylation sites (tertiary alicyclic amines) is 1. The van der Waals surface area contributed by atoms with E-state index in [2.05, 4.69) is 15.6 Å². The lowest BCUT2D eigenvalue weighted by molar-refractivity contribution is -0.144. The van der Waals surface area contributed by atoms with Crippen LogP contribution in [0, 0.1) is 5.89 Å². The monoisotopic (exact) mass is 483 g/mol. The summed E-state index contributed by atoms with van der Waals surface area (Å²) in [7, 11) is 0. The number of carboxylic acids is 1. The number of guanidine groups is 1. The number of nitrogens with one attached hydrogen (secondary N) is 2. The van der Waals surface area contributed by atoms with Crippen molar-refractivity contribution in [1.82, 2.24) is 15.5 Å². The number of carbonyl (C=O) groups is 4. The van der Waals surface area contributed by atoms with Crippen LogP contribution in [0.1, 0.15) is 66.6 Å². The minimum absolute atomic E-state index is 0.0992. The highest BCUT2D eigenvalue weighted by Crippen LogP contribution is 2.31. The molecule has 1 aliphatic heterocycles. The second kappa shape index (κ2) is 13.0. The van der Waals surface area contributed by atoms with E-state index in [1.165, 1.54) is 4.90 Å². The van der Waals surface area contributed by atoms with E-state index in [9.17, 15) is 24.3 Å². The summed E-state index contributed by atoms with van der Waals surface area (Å²) in [4.78, 5) is 55.5. The standard InChI is InChI=1S/C22H38N6O6/c1-13(2)34-22(33)27-16(12-14-6-3-7-14)19(30)28-11-5-9-17(28)18(29)26-15(20(31)32)8-4-10-25-21(23)24/h13-17H,3-12H2,1-2H3,(H,26,29)(H,27,33)(H,31,32)(H4,23,24,25)/t15-,16-,17-/m0/s1/i14D. The van der Waals surface area contributed by atoms with Gasteiger partial charge in [-0.25, -0.2) is 9.59 Å². The van der Waals surface area contributed by atoms with Crippen LogP contribution in [-0.4, -0.2) is 77.2 Å². The topological polar surface area (TPSA) is 189 Å². The van der Waals surface area contributed by atoms with Gasteiger partial charge >= 0.3 is 12.1 Å². The van der Waals surface area contributed by atoms with Crippen LogP contribution in [0.15, 0.2) is 4.99 Å². The quantitative estimate of drug-likeness (QED) is 0.149. The SMILES string of the molecule is [2H]C1(C[C@H](NC(=O)OC(C)C)C(=O)N2CCC[C@H]2C(=O)N[C@@H](CCCN=C(N)N)C(=O)O)CCC1. The fourth-order valence-corrected chi connectivity index (χ4v) is 4.04. The molecule has 7 N–H and O–H groups in total. The Morgan fingerprint density at radius 2 is 1.85 bits per heavy atom. The smallest absolute Gasteiger partial charge is 0.408 e. The number of alkyl carbamates (subject to hydrolysis) is 1. The van der Waals surface area contributed by atoms with Crippen LogP contribution in [0.25, 0.3) is 0 Å². The maximum absolute atomic E-state index is 13.4. The van der Waals surface area contributed by atoms with Gasteiger partial charge in [0.2, 0.25) is 11.8 Å². The summed E-state index contributed by atoms with van der Waals surface area (Å²) >= 11 is 0. The van der Waals surface area contributed by atoms with E-state index in [1.54, 1.807) is 13.8 Å². The predicted octanol–water partition coefficient (Wildman–Crippen LogP) is 0.294. The summed E-state index contributed by atoms with van der Waals surface area (Å²) in [6.45, 7) is 3.89. The predicted molar refractivity (Wildman–Crippen MR) is 125 cm³/mol. The van der Waals surface area contributed by atoms with Crippen molar-refractivity contribution in [2.24, 2.45) is 22.4 Å². The second-order valence-electron chi connectivity index (χ2n) is 9.00. The number of ether oxygens (including phenoxy) is 1. The number of carboxylic acid groups (broad SMARTS) is 1. The van der Waals surface area contributed by atoms with Crippen LogP contribution < -0.4 is 22.1 Å². The number of hydrogen-bond acceptors (Lipinski definition) is 6. The van der Waals surface area contributed by atoms with Crippen molar-refractivity contribution in [1.29, 1.82) is 0 Å². The molecule has 3 amide bonds. The Morgan fingerprint density at radius 3 is 2.41 bits per heavy atom. The minimum atomic E-state index is -1.20. The van der Waals surface area contributed by atoms with Crippen LogP contribution >= 0.6 is 0 Å². The zero-order chi connectivity index (χ0) is 26.2. The molecule has 12 heteroatoms. The third kappa shape index (κ3) is 8.38. The van der Waals surface area contributed by atoms with Gasteiger partial charge in [0, 0.05) is 14.5 Å². The molecule has 0 spiro atoms. The summed E-state index contributed by atoms with van der Waals surface area (Å²) in [5.74, 6) is -3.15. The number of aliphatic carboxylic acids is 1. The van der Waals surface area contributed by atoms with E-state index in [4.69, 9.17) is 17.6 Å². The molecule has 0 unspecified atom stereocenters. The van der Waals surface area contributed by atoms with E-state index in [-0.39, 0.29) is 31.4 Å². The van der Waals surface area contributed by atoms with Crippen LogP contribution in [0.5, 0.6) is 0 Å². The molecule has 0 radical (unpaired) electrons. The van der Waals surface area contributed by atoms with E-state index in [0.717, 1.165) is 6.42 Å². The van der Waals surface area contributed by atoms with Crippen LogP contribution in [0.2, 0.25) is 0 Å². The first kappa shape index (κ1) is 25.6. The highest BCUT2D eigenvalue weighted by atomic mass is 16.6. The van der Waals surface area contributed by atoms with E-state index in [1.807, 2.05) is 0 Å². The van der Waals surface area contributed by atoms with E-state index in [0.29, 0.717) is 38.6 Å². The third-order valence-electron chi connectivity index (χ3n) is 5.88. The van der Waals surface area contributed by atoms with Crippen molar-refractivity contribution >= 4 is 29.8 Å². The summed E-state index contributed by atoms with van der Waals surface area (Å²) < 4.78 is 13.6. The van der Waals surface area contributed by atoms with Gasteiger partial charge < -0.3 is 36.8 Å². The number of nitrogens with zero attached hydrogens (tertiary/aromatic N) is 2. The Labute approximate surface area is 201 Å². The first-order valence-electron chi connectivity index (χ1n) is 12.3. The molecule has 1 heterocycles. The van der Waals surface area contributed by atoms with Crippen LogP contribution in [0.4, 0.5) is 4.79 Å². The highest BCUT2D eigenvalue weighted by Gasteiger charge is 2.40. The zero-order valence-electron chi connectivity index (χ0n) is 20.9. The van der Waals surface area contributed by atoms with Gasteiger partial charge in [0.15, 0.2) is 5.96 Å². The lowest BCUT2D eigenvalue weighted by Gasteiger charge is -2.33. The van der Waals surface area contributed by atoms with Gasteiger partial charge in [0.25, 0.3) is 0 Å². The van der Waals surface area contributed by atoms with Crippen molar-refractivity contribution in [3.05, 3.63) is 0 Å². The van der Waals surface area contributed by atoms with Gasteiger partial charge in [0.1, 0.15) is 18.1 Å². The number of hydrogen-bond donors (Lipinski definition) is 5. The van der Waals surface area contributed by atoms with Gasteiger partial charge in [0.05, 0.1) is 6.10 Å². The van der Waals surface area contributed by atoms with Gasteiger partial charge in [-0.3, -0.25) is 14.6 Å². The lowest BCUT2D eigenvalue weighted by atomic mass is 9.80. The molecule has 3 atom stereocenters. The van der Waals surface area contributed by atoms with Crippen molar-refractivity contribution in [2.45, 2.75) is 89.4 Å². The van der Waals surface area contributed by atoms with Gasteiger partial charge in [-0.1, -0.05) is 19.3 Å². The Bertz CT molecular complexity index is 814. The molecule has 192 valence electrons. The molecule has 12 nitrogen and oxygen atoms in total. The minimum Gasteiger partial charge on any atom is -0.480 e. The number of amides is 3. The molecule has 1 saturated heterocycles. The van der Waals surface area contributed by atoms with E-state index >= 15 is 0 Å². The summed E-state index contributed by atoms with van der Waals surface area (Å²) in [5, 5.41) is 14.6. The molecule has 0 aromatic heterocycles. The van der Waals surface area contributed by atoms with Gasteiger partial charge in [-0.15, -0.1) is 0 Å². The average molecular weight is 484 g/mol. The molecule has 1 saturated carbocycles. The number of rotatable bonds is 12. The number of aliphatic imine (C=N–C) groups is 1. The molecule has 2 rings (SSSR count). The Kier molecular flexibility index (Phi) is 9.77. The van der Waals surface area contributed by atoms with Crippen molar-refractivity contribution in [3.8, 4) is 0 Å². The fraction of sp³-hybridized carbons (Fsp3) is 0.773. The van der Waals surface area contributed by atoms with Crippen LogP contribution in [0.3, 0.4) is 0 Å². The number of carbonyl (C=O) groups excluding carboxylic acids is 3. The van der Waals surface area contributed by atoms with E-state index < -0.39 is 47.9 Å². The van der Waals surface area contributed by atoms with Crippen LogP contribution in [-0.2, 0) is 19.1 Å². The highest BCUT2D eigenvalue weighted by molar-refractivity contribution is 5.93. The summed E-state index contributed by atoms with van der Waals surface area (Å²) in [6, 6.07) is -3.03. The van der Waals surface area contributed by atoms with Crippen molar-refractivity contribution in [3.63, 3.8) is 0 Å². The molecular weight excluding hydrogens is 444 g/mol. The van der Waals surface area contributed by atoms with Crippen molar-refractivity contribution < 1.29 is 30.4 Å². The van der Waals surface area contributed by atoms with Gasteiger partial charge in [-0.05, 0) is 51.8 Å². The largest absolute Gasteiger partial charge is 0.480 e. The first-order chi connectivity index (χ1) is 16.4. The maximum atomic E-state index is 13.4. The molecule has 0 aromatic rings. The average Bonchev–Trinajstić information content (AvgIpc) is 3.22. The maximum Gasteiger partial charge on any atom is 0.408 e. The molecule has 34 heavy (non-hydrogen) atoms. The molecule has 1 aliphatic carbocycles. The summed E-state index contributed by atoms with van der Waals surface area (Å²) in [5.41, 5.74) is 10.5. The lowest BCUT2D eigenvalue weighted by Crippen LogP contribution is -2.56. The zero-order valence-corrected chi connectivity index (χ0v) is 19.9. The first-order valence-corrected chi connectivity index (χ1v) is 11.8. The Hall–Kier alpha value is -3.05. The molecule has 0 aromatic carbocycles. The third-order valence-corrected chi connectivity index (χ3v) is 5.88. The molecule has 2 fully saturated rings. The second-order valence-corrected chi connectivity index (χ2v) is 9.00. The Balaban J connectivity index is 2.07. The molecular formula is C22H38N6O6. The van der Waals surface area contributed by atoms with Crippen molar-refractivity contribution in [2.75, 3.05) is 13.1 Å². The Morgan fingerprint density at radius 1 is 1.15 bits per heavy atom. The fourth-order valence-electron chi connectivity index (χ4n) is 4.04. The van der Waals surface area contributed by atoms with Gasteiger partial charge in [-0.2, -0.15) is 0 Å². The normalized spacial score (nSPS) is 21.0. The molecule has 2 aliphatic rings. The number of nitrogens with two attached hydrogens (primary N) is 2. The molecule has 0 bridgehead atoms.